The Balaban J connectivity index is 1.92. The van der Waals surface area contributed by atoms with Gasteiger partial charge in [-0.2, -0.15) is 0 Å². The van der Waals surface area contributed by atoms with Gasteiger partial charge in [0.25, 0.3) is 0 Å². The van der Waals surface area contributed by atoms with Crippen molar-refractivity contribution in [2.45, 2.75) is 6.42 Å². The van der Waals surface area contributed by atoms with Gasteiger partial charge in [-0.3, -0.25) is 9.59 Å². The molecule has 0 aliphatic carbocycles. The largest absolute Gasteiger partial charge is 0.399 e. The molecule has 2 N–H and O–H groups in total. The van der Waals surface area contributed by atoms with Crippen molar-refractivity contribution in [3.8, 4) is 0 Å². The molecule has 1 aromatic rings. The molecule has 1 aromatic carbocycles. The second-order valence-corrected chi connectivity index (χ2v) is 4.56. The molecule has 1 saturated heterocycles. The third-order valence-corrected chi connectivity index (χ3v) is 3.13. The SMILES string of the molecule is CN1CC(=O)N(CCc2ccc(N)cc2)CC1=O. The van der Waals surface area contributed by atoms with Crippen LogP contribution in [0.4, 0.5) is 5.69 Å². The Morgan fingerprint density at radius 1 is 1.11 bits per heavy atom. The predicted molar refractivity (Wildman–Crippen MR) is 68.8 cm³/mol. The van der Waals surface area contributed by atoms with Gasteiger partial charge in [-0.1, -0.05) is 12.1 Å². The molecule has 0 unspecified atom stereocenters. The molecule has 5 nitrogen and oxygen atoms in total. The third kappa shape index (κ3) is 2.80. The van der Waals surface area contributed by atoms with E-state index < -0.39 is 0 Å². The summed E-state index contributed by atoms with van der Waals surface area (Å²) < 4.78 is 0. The van der Waals surface area contributed by atoms with Crippen LogP contribution in [0.3, 0.4) is 0 Å². The number of carbonyl (C=O) groups is 2. The van der Waals surface area contributed by atoms with Gasteiger partial charge in [0.2, 0.25) is 11.8 Å². The second kappa shape index (κ2) is 5.08. The minimum absolute atomic E-state index is 0.00699. The maximum atomic E-state index is 11.7. The zero-order valence-electron chi connectivity index (χ0n) is 10.4. The highest BCUT2D eigenvalue weighted by molar-refractivity contribution is 5.92. The molecule has 1 fully saturated rings. The van der Waals surface area contributed by atoms with E-state index in [0.717, 1.165) is 17.7 Å². The van der Waals surface area contributed by atoms with Crippen LogP contribution in [0.2, 0.25) is 0 Å². The van der Waals surface area contributed by atoms with E-state index in [2.05, 4.69) is 0 Å². The molecular weight excluding hydrogens is 230 g/mol. The standard InChI is InChI=1S/C13H17N3O2/c1-15-8-13(18)16(9-12(15)17)7-6-10-2-4-11(14)5-3-10/h2-5H,6-9,14H2,1H3. The second-order valence-electron chi connectivity index (χ2n) is 4.56. The fourth-order valence-corrected chi connectivity index (χ4v) is 1.92. The van der Waals surface area contributed by atoms with Crippen molar-refractivity contribution >= 4 is 17.5 Å². The fourth-order valence-electron chi connectivity index (χ4n) is 1.92. The van der Waals surface area contributed by atoms with Crippen LogP contribution in [0.25, 0.3) is 0 Å². The van der Waals surface area contributed by atoms with Gasteiger partial charge in [0.15, 0.2) is 0 Å². The predicted octanol–water partition coefficient (Wildman–Crippen LogP) is 0.112. The number of hydrogen-bond donors (Lipinski definition) is 1. The Morgan fingerprint density at radius 3 is 2.44 bits per heavy atom. The van der Waals surface area contributed by atoms with Crippen LogP contribution >= 0.6 is 0 Å². The summed E-state index contributed by atoms with van der Waals surface area (Å²) in [4.78, 5) is 26.3. The molecule has 5 heteroatoms. The van der Waals surface area contributed by atoms with Gasteiger partial charge in [-0.25, -0.2) is 0 Å². The number of amides is 2. The highest BCUT2D eigenvalue weighted by atomic mass is 16.2. The first-order chi connectivity index (χ1) is 8.56. The molecular formula is C13H17N3O2. The van der Waals surface area contributed by atoms with Gasteiger partial charge in [0.1, 0.15) is 0 Å². The molecule has 2 amide bonds. The number of nitrogens with zero attached hydrogens (tertiary/aromatic N) is 2. The van der Waals surface area contributed by atoms with Gasteiger partial charge in [0, 0.05) is 19.3 Å². The number of likely N-dealkylation sites (N-methyl/N-ethyl adjacent to an activating group) is 1. The van der Waals surface area contributed by atoms with Crippen molar-refractivity contribution in [3.63, 3.8) is 0 Å². The average molecular weight is 247 g/mol. The van der Waals surface area contributed by atoms with Crippen LogP contribution in [0, 0.1) is 0 Å². The van der Waals surface area contributed by atoms with E-state index in [-0.39, 0.29) is 24.9 Å². The van der Waals surface area contributed by atoms with Crippen molar-refractivity contribution in [1.29, 1.82) is 0 Å². The van der Waals surface area contributed by atoms with E-state index in [9.17, 15) is 9.59 Å². The van der Waals surface area contributed by atoms with Crippen molar-refractivity contribution in [1.82, 2.24) is 9.80 Å². The summed E-state index contributed by atoms with van der Waals surface area (Å²) in [5, 5.41) is 0. The first-order valence-corrected chi connectivity index (χ1v) is 5.92. The van der Waals surface area contributed by atoms with Crippen molar-refractivity contribution < 1.29 is 9.59 Å². The Kier molecular flexibility index (Phi) is 3.50. The monoisotopic (exact) mass is 247 g/mol. The van der Waals surface area contributed by atoms with Gasteiger partial charge in [-0.05, 0) is 24.1 Å². The molecule has 1 aliphatic heterocycles. The average Bonchev–Trinajstić information content (AvgIpc) is 2.34. The van der Waals surface area contributed by atoms with Gasteiger partial charge in [0.05, 0.1) is 13.1 Å². The smallest absolute Gasteiger partial charge is 0.242 e. The summed E-state index contributed by atoms with van der Waals surface area (Å²) in [5.41, 5.74) is 7.45. The van der Waals surface area contributed by atoms with Gasteiger partial charge >= 0.3 is 0 Å². The zero-order chi connectivity index (χ0) is 13.1. The number of carbonyl (C=O) groups excluding carboxylic acids is 2. The first kappa shape index (κ1) is 12.4. The molecule has 96 valence electrons. The third-order valence-electron chi connectivity index (χ3n) is 3.13. The van der Waals surface area contributed by atoms with Crippen molar-refractivity contribution in [3.05, 3.63) is 29.8 Å². The van der Waals surface area contributed by atoms with Gasteiger partial charge in [-0.15, -0.1) is 0 Å². The number of anilines is 1. The highest BCUT2D eigenvalue weighted by Gasteiger charge is 2.26. The Morgan fingerprint density at radius 2 is 1.78 bits per heavy atom. The molecule has 2 rings (SSSR count). The van der Waals surface area contributed by atoms with Crippen LogP contribution in [0.1, 0.15) is 5.56 Å². The number of nitrogen functional groups attached to an aromatic ring is 1. The molecule has 18 heavy (non-hydrogen) atoms. The lowest BCUT2D eigenvalue weighted by molar-refractivity contribution is -0.148. The van der Waals surface area contributed by atoms with E-state index in [4.69, 9.17) is 5.73 Å². The first-order valence-electron chi connectivity index (χ1n) is 5.92. The summed E-state index contributed by atoms with van der Waals surface area (Å²) in [7, 11) is 1.65. The summed E-state index contributed by atoms with van der Waals surface area (Å²) in [6.07, 6.45) is 0.739. The van der Waals surface area contributed by atoms with E-state index in [0.29, 0.717) is 6.54 Å². The Labute approximate surface area is 106 Å². The number of benzene rings is 1. The quantitative estimate of drug-likeness (QED) is 0.771. The van der Waals surface area contributed by atoms with Crippen LogP contribution < -0.4 is 5.73 Å². The minimum Gasteiger partial charge on any atom is -0.399 e. The topological polar surface area (TPSA) is 66.6 Å². The van der Waals surface area contributed by atoms with Crippen LogP contribution in [0.15, 0.2) is 24.3 Å². The number of hydrogen-bond acceptors (Lipinski definition) is 3. The van der Waals surface area contributed by atoms with Gasteiger partial charge < -0.3 is 15.5 Å². The van der Waals surface area contributed by atoms with E-state index in [1.165, 1.54) is 4.90 Å². The summed E-state index contributed by atoms with van der Waals surface area (Å²) in [6, 6.07) is 7.56. The maximum Gasteiger partial charge on any atom is 0.242 e. The molecule has 0 aromatic heterocycles. The molecule has 1 heterocycles. The van der Waals surface area contributed by atoms with Crippen molar-refractivity contribution in [2.75, 3.05) is 32.4 Å². The molecule has 0 bridgehead atoms. The number of nitrogens with two attached hydrogens (primary N) is 1. The van der Waals surface area contributed by atoms with E-state index in [1.807, 2.05) is 24.3 Å². The minimum atomic E-state index is -0.00749. The van der Waals surface area contributed by atoms with Crippen LogP contribution in [-0.4, -0.2) is 48.3 Å². The number of piperazine rings is 1. The molecule has 1 aliphatic rings. The molecule has 0 spiro atoms. The lowest BCUT2D eigenvalue weighted by atomic mass is 10.1. The molecule has 0 radical (unpaired) electrons. The highest BCUT2D eigenvalue weighted by Crippen LogP contribution is 2.09. The Hall–Kier alpha value is -2.04. The van der Waals surface area contributed by atoms with E-state index >= 15 is 0 Å². The lowest BCUT2D eigenvalue weighted by Crippen LogP contribution is -2.52. The maximum absolute atomic E-state index is 11.7. The fraction of sp³-hybridized carbons (Fsp3) is 0.385. The number of rotatable bonds is 3. The molecule has 0 atom stereocenters. The summed E-state index contributed by atoms with van der Waals surface area (Å²) in [5.74, 6) is -0.000508. The zero-order valence-corrected chi connectivity index (χ0v) is 10.4. The lowest BCUT2D eigenvalue weighted by Gasteiger charge is -2.31. The van der Waals surface area contributed by atoms with Crippen LogP contribution in [0.5, 0.6) is 0 Å². The normalized spacial score (nSPS) is 16.3. The Bertz CT molecular complexity index is 456. The van der Waals surface area contributed by atoms with Crippen LogP contribution in [-0.2, 0) is 16.0 Å². The van der Waals surface area contributed by atoms with Crippen molar-refractivity contribution in [2.24, 2.45) is 0 Å². The molecule has 0 saturated carbocycles. The summed E-state index contributed by atoms with van der Waals surface area (Å²) >= 11 is 0. The summed E-state index contributed by atoms with van der Waals surface area (Å²) in [6.45, 7) is 0.938. The van der Waals surface area contributed by atoms with E-state index in [1.54, 1.807) is 11.9 Å².